The van der Waals surface area contributed by atoms with E-state index in [1.165, 1.54) is 11.8 Å². The van der Waals surface area contributed by atoms with Crippen LogP contribution in [-0.4, -0.2) is 13.0 Å². The first kappa shape index (κ1) is 10.2. The maximum Gasteiger partial charge on any atom is 0.221 e. The zero-order valence-electron chi connectivity index (χ0n) is 8.05. The Bertz CT molecular complexity index is 296. The van der Waals surface area contributed by atoms with E-state index in [0.29, 0.717) is 6.04 Å². The minimum absolute atomic E-state index is 0.0227. The average molecular weight is 198 g/mol. The fraction of sp³-hybridized carbons (Fsp3) is 0.444. The number of rotatable bonds is 3. The summed E-state index contributed by atoms with van der Waals surface area (Å²) < 4.78 is 0. The Balaban J connectivity index is 2.68. The van der Waals surface area contributed by atoms with Gasteiger partial charge in [0.1, 0.15) is 0 Å². The molecule has 0 aliphatic carbocycles. The molecule has 13 heavy (non-hydrogen) atoms. The highest BCUT2D eigenvalue weighted by Crippen LogP contribution is 2.26. The molecule has 4 heteroatoms. The predicted octanol–water partition coefficient (Wildman–Crippen LogP) is 1.99. The molecule has 0 fully saturated rings. The van der Waals surface area contributed by atoms with Gasteiger partial charge < -0.3 is 10.6 Å². The van der Waals surface area contributed by atoms with E-state index in [1.807, 2.05) is 19.2 Å². The van der Waals surface area contributed by atoms with Crippen molar-refractivity contribution in [3.8, 4) is 0 Å². The van der Waals surface area contributed by atoms with Gasteiger partial charge in [0.2, 0.25) is 5.91 Å². The van der Waals surface area contributed by atoms with Crippen LogP contribution in [-0.2, 0) is 4.79 Å². The van der Waals surface area contributed by atoms with E-state index in [9.17, 15) is 4.79 Å². The first-order chi connectivity index (χ1) is 6.13. The molecule has 0 unspecified atom stereocenters. The summed E-state index contributed by atoms with van der Waals surface area (Å²) in [7, 11) is 1.92. The molecule has 1 atom stereocenters. The summed E-state index contributed by atoms with van der Waals surface area (Å²) in [6, 6.07) is 4.29. The lowest BCUT2D eigenvalue weighted by molar-refractivity contribution is -0.114. The molecule has 1 heterocycles. The molecule has 2 N–H and O–H groups in total. The normalized spacial score (nSPS) is 12.5. The first-order valence-electron chi connectivity index (χ1n) is 4.18. The zero-order chi connectivity index (χ0) is 9.84. The number of hydrogen-bond donors (Lipinski definition) is 2. The molecule has 0 saturated carbocycles. The Morgan fingerprint density at radius 3 is 2.77 bits per heavy atom. The van der Waals surface area contributed by atoms with E-state index in [4.69, 9.17) is 0 Å². The van der Waals surface area contributed by atoms with Gasteiger partial charge in [-0.1, -0.05) is 0 Å². The lowest BCUT2D eigenvalue weighted by Gasteiger charge is -2.05. The van der Waals surface area contributed by atoms with Crippen molar-refractivity contribution in [1.82, 2.24) is 5.32 Å². The SMILES string of the molecule is CN[C@@H](C)c1ccc(NC(C)=O)s1. The molecule has 72 valence electrons. The van der Waals surface area contributed by atoms with Crippen molar-refractivity contribution < 1.29 is 4.79 Å². The molecule has 0 saturated heterocycles. The molecule has 0 bridgehead atoms. The second-order valence-corrected chi connectivity index (χ2v) is 4.01. The van der Waals surface area contributed by atoms with E-state index in [-0.39, 0.29) is 5.91 Å². The molecule has 1 rings (SSSR count). The van der Waals surface area contributed by atoms with Crippen molar-refractivity contribution in [3.05, 3.63) is 17.0 Å². The van der Waals surface area contributed by atoms with E-state index in [0.717, 1.165) is 5.00 Å². The van der Waals surface area contributed by atoms with Crippen LogP contribution >= 0.6 is 11.3 Å². The Morgan fingerprint density at radius 2 is 2.23 bits per heavy atom. The molecular formula is C9H14N2OS. The number of nitrogens with one attached hydrogen (secondary N) is 2. The fourth-order valence-corrected chi connectivity index (χ4v) is 1.98. The van der Waals surface area contributed by atoms with Gasteiger partial charge in [-0.3, -0.25) is 4.79 Å². The number of amides is 1. The van der Waals surface area contributed by atoms with Crippen molar-refractivity contribution in [1.29, 1.82) is 0 Å². The quantitative estimate of drug-likeness (QED) is 0.779. The van der Waals surface area contributed by atoms with E-state index in [2.05, 4.69) is 17.6 Å². The van der Waals surface area contributed by atoms with Gasteiger partial charge in [0.05, 0.1) is 5.00 Å². The highest BCUT2D eigenvalue weighted by molar-refractivity contribution is 7.16. The first-order valence-corrected chi connectivity index (χ1v) is 4.99. The van der Waals surface area contributed by atoms with Gasteiger partial charge in [0.15, 0.2) is 0 Å². The average Bonchev–Trinajstić information content (AvgIpc) is 2.50. The highest BCUT2D eigenvalue weighted by atomic mass is 32.1. The van der Waals surface area contributed by atoms with Gasteiger partial charge in [0, 0.05) is 17.8 Å². The molecule has 3 nitrogen and oxygen atoms in total. The third-order valence-corrected chi connectivity index (χ3v) is 2.97. The van der Waals surface area contributed by atoms with Crippen molar-refractivity contribution in [2.24, 2.45) is 0 Å². The maximum atomic E-state index is 10.7. The van der Waals surface area contributed by atoms with Crippen LogP contribution in [0.4, 0.5) is 5.00 Å². The lowest BCUT2D eigenvalue weighted by Crippen LogP contribution is -2.10. The van der Waals surface area contributed by atoms with Crippen molar-refractivity contribution >= 4 is 22.2 Å². The zero-order valence-corrected chi connectivity index (χ0v) is 8.87. The predicted molar refractivity (Wildman–Crippen MR) is 56.1 cm³/mol. The number of carbonyl (C=O) groups excluding carboxylic acids is 1. The van der Waals surface area contributed by atoms with Crippen LogP contribution in [0.25, 0.3) is 0 Å². The summed E-state index contributed by atoms with van der Waals surface area (Å²) in [6.07, 6.45) is 0. The number of hydrogen-bond acceptors (Lipinski definition) is 3. The standard InChI is InChI=1S/C9H14N2OS/c1-6(10-3)8-4-5-9(13-8)11-7(2)12/h4-6,10H,1-3H3,(H,11,12)/t6-/m0/s1. The van der Waals surface area contributed by atoms with Crippen molar-refractivity contribution in [3.63, 3.8) is 0 Å². The number of thiophene rings is 1. The third-order valence-electron chi connectivity index (χ3n) is 1.79. The van der Waals surface area contributed by atoms with Gasteiger partial charge in [-0.15, -0.1) is 11.3 Å². The molecule has 0 spiro atoms. The fourth-order valence-electron chi connectivity index (χ4n) is 0.968. The van der Waals surface area contributed by atoms with Gasteiger partial charge in [-0.25, -0.2) is 0 Å². The lowest BCUT2D eigenvalue weighted by atomic mass is 10.3. The van der Waals surface area contributed by atoms with Crippen LogP contribution in [0.3, 0.4) is 0 Å². The summed E-state index contributed by atoms with van der Waals surface area (Å²) in [6.45, 7) is 3.60. The number of anilines is 1. The molecule has 0 aliphatic rings. The summed E-state index contributed by atoms with van der Waals surface area (Å²) in [4.78, 5) is 12.0. The molecule has 1 aromatic rings. The largest absolute Gasteiger partial charge is 0.318 e. The number of carbonyl (C=O) groups is 1. The van der Waals surface area contributed by atoms with Gasteiger partial charge in [-0.05, 0) is 26.1 Å². The smallest absolute Gasteiger partial charge is 0.221 e. The van der Waals surface area contributed by atoms with Crippen molar-refractivity contribution in [2.45, 2.75) is 19.9 Å². The second-order valence-electron chi connectivity index (χ2n) is 2.89. The summed E-state index contributed by atoms with van der Waals surface area (Å²) >= 11 is 1.60. The van der Waals surface area contributed by atoms with Gasteiger partial charge in [0.25, 0.3) is 0 Å². The van der Waals surface area contributed by atoms with Gasteiger partial charge in [-0.2, -0.15) is 0 Å². The summed E-state index contributed by atoms with van der Waals surface area (Å²) in [5.74, 6) is -0.0227. The summed E-state index contributed by atoms with van der Waals surface area (Å²) in [5, 5.41) is 6.81. The van der Waals surface area contributed by atoms with Crippen LogP contribution in [0.5, 0.6) is 0 Å². The Kier molecular flexibility index (Phi) is 3.45. The molecule has 0 aromatic carbocycles. The van der Waals surface area contributed by atoms with Gasteiger partial charge >= 0.3 is 0 Å². The maximum absolute atomic E-state index is 10.7. The van der Waals surface area contributed by atoms with Crippen LogP contribution in [0.1, 0.15) is 24.8 Å². The van der Waals surface area contributed by atoms with E-state index < -0.39 is 0 Å². The van der Waals surface area contributed by atoms with Crippen LogP contribution in [0.15, 0.2) is 12.1 Å². The Morgan fingerprint density at radius 1 is 1.54 bits per heavy atom. The monoisotopic (exact) mass is 198 g/mol. The minimum Gasteiger partial charge on any atom is -0.318 e. The Hall–Kier alpha value is -0.870. The molecule has 0 radical (unpaired) electrons. The molecule has 1 amide bonds. The highest BCUT2D eigenvalue weighted by Gasteiger charge is 2.06. The van der Waals surface area contributed by atoms with Crippen LogP contribution in [0, 0.1) is 0 Å². The summed E-state index contributed by atoms with van der Waals surface area (Å²) in [5.41, 5.74) is 0. The van der Waals surface area contributed by atoms with E-state index >= 15 is 0 Å². The van der Waals surface area contributed by atoms with Crippen molar-refractivity contribution in [2.75, 3.05) is 12.4 Å². The van der Waals surface area contributed by atoms with Crippen LogP contribution < -0.4 is 10.6 Å². The van der Waals surface area contributed by atoms with E-state index in [1.54, 1.807) is 11.3 Å². The topological polar surface area (TPSA) is 41.1 Å². The minimum atomic E-state index is -0.0227. The molecular weight excluding hydrogens is 184 g/mol. The van der Waals surface area contributed by atoms with Crippen LogP contribution in [0.2, 0.25) is 0 Å². The molecule has 0 aliphatic heterocycles. The second kappa shape index (κ2) is 4.39. The Labute approximate surface area is 82.2 Å². The third kappa shape index (κ3) is 2.82. The molecule has 1 aromatic heterocycles.